The van der Waals surface area contributed by atoms with Crippen LogP contribution >= 0.6 is 23.4 Å². The molecule has 0 saturated heterocycles. The van der Waals surface area contributed by atoms with E-state index in [-0.39, 0.29) is 0 Å². The van der Waals surface area contributed by atoms with E-state index in [0.717, 1.165) is 27.0 Å². The summed E-state index contributed by atoms with van der Waals surface area (Å²) in [5.74, 6) is 0.851. The van der Waals surface area contributed by atoms with Crippen molar-refractivity contribution in [3.63, 3.8) is 0 Å². The van der Waals surface area contributed by atoms with E-state index in [2.05, 4.69) is 21.0 Å². The van der Waals surface area contributed by atoms with Crippen molar-refractivity contribution in [3.8, 4) is 0 Å². The van der Waals surface area contributed by atoms with Crippen LogP contribution < -0.4 is 4.98 Å². The van der Waals surface area contributed by atoms with Gasteiger partial charge in [0.1, 0.15) is 11.0 Å². The molecule has 0 spiro atoms. The van der Waals surface area contributed by atoms with Crippen LogP contribution in [-0.2, 0) is 5.75 Å². The number of fused-ring (bicyclic) bond motifs is 1. The zero-order chi connectivity index (χ0) is 12.4. The number of pyridine rings is 1. The van der Waals surface area contributed by atoms with Gasteiger partial charge in [0.15, 0.2) is 17.6 Å². The van der Waals surface area contributed by atoms with Gasteiger partial charge in [-0.1, -0.05) is 35.5 Å². The van der Waals surface area contributed by atoms with Gasteiger partial charge in [-0.05, 0) is 17.7 Å². The van der Waals surface area contributed by atoms with Crippen molar-refractivity contribution in [3.05, 3.63) is 53.3 Å². The van der Waals surface area contributed by atoms with Crippen LogP contribution in [0.4, 0.5) is 0 Å². The molecular formula is C13H11ClN3S+. The minimum Gasteiger partial charge on any atom is -0.328 e. The predicted molar refractivity (Wildman–Crippen MR) is 73.7 cm³/mol. The van der Waals surface area contributed by atoms with Crippen LogP contribution in [0.15, 0.2) is 47.9 Å². The summed E-state index contributed by atoms with van der Waals surface area (Å²) in [5, 5.41) is 1.69. The number of nitrogens with zero attached hydrogens (tertiary/aromatic N) is 1. The Morgan fingerprint density at radius 1 is 1.33 bits per heavy atom. The lowest BCUT2D eigenvalue weighted by Crippen LogP contribution is -1.96. The number of halogens is 1. The molecule has 18 heavy (non-hydrogen) atoms. The van der Waals surface area contributed by atoms with Gasteiger partial charge in [0.2, 0.25) is 0 Å². The minimum absolute atomic E-state index is 0.771. The highest BCUT2D eigenvalue weighted by Gasteiger charge is 2.05. The lowest BCUT2D eigenvalue weighted by Gasteiger charge is -1.99. The summed E-state index contributed by atoms with van der Waals surface area (Å²) in [6.45, 7) is 0. The zero-order valence-corrected chi connectivity index (χ0v) is 11.1. The molecule has 0 amide bonds. The van der Waals surface area contributed by atoms with Crippen LogP contribution in [0.2, 0.25) is 5.02 Å². The summed E-state index contributed by atoms with van der Waals surface area (Å²) >= 11 is 7.62. The van der Waals surface area contributed by atoms with E-state index in [9.17, 15) is 0 Å². The molecule has 0 unspecified atom stereocenters. The molecule has 0 fully saturated rings. The summed E-state index contributed by atoms with van der Waals surface area (Å²) in [6.07, 6.45) is 3.78. The van der Waals surface area contributed by atoms with Crippen molar-refractivity contribution in [2.75, 3.05) is 0 Å². The van der Waals surface area contributed by atoms with Crippen molar-refractivity contribution < 1.29 is 4.98 Å². The van der Waals surface area contributed by atoms with Gasteiger partial charge in [0, 0.05) is 16.8 Å². The van der Waals surface area contributed by atoms with Gasteiger partial charge >= 0.3 is 0 Å². The van der Waals surface area contributed by atoms with Gasteiger partial charge in [-0.2, -0.15) is 0 Å². The topological polar surface area (TPSA) is 42.8 Å². The Morgan fingerprint density at radius 3 is 3.11 bits per heavy atom. The van der Waals surface area contributed by atoms with Crippen molar-refractivity contribution >= 4 is 34.4 Å². The molecule has 2 aromatic heterocycles. The molecule has 90 valence electrons. The molecule has 3 aromatic rings. The fraction of sp³-hybridized carbons (Fsp3) is 0.0769. The fourth-order valence-electron chi connectivity index (χ4n) is 1.72. The Labute approximate surface area is 114 Å². The molecule has 1 aromatic carbocycles. The van der Waals surface area contributed by atoms with E-state index < -0.39 is 0 Å². The second-order valence-electron chi connectivity index (χ2n) is 3.90. The molecular weight excluding hydrogens is 266 g/mol. The van der Waals surface area contributed by atoms with E-state index >= 15 is 0 Å². The smallest absolute Gasteiger partial charge is 0.193 e. The first-order valence-corrected chi connectivity index (χ1v) is 6.91. The van der Waals surface area contributed by atoms with Crippen LogP contribution in [0.5, 0.6) is 0 Å². The van der Waals surface area contributed by atoms with Crippen molar-refractivity contribution in [1.82, 2.24) is 9.97 Å². The highest BCUT2D eigenvalue weighted by Crippen LogP contribution is 2.23. The maximum atomic E-state index is 5.95. The first-order chi connectivity index (χ1) is 8.81. The van der Waals surface area contributed by atoms with E-state index in [4.69, 9.17) is 11.6 Å². The summed E-state index contributed by atoms with van der Waals surface area (Å²) in [6, 6.07) is 9.84. The van der Waals surface area contributed by atoms with E-state index in [0.29, 0.717) is 0 Å². The number of nitrogens with one attached hydrogen (secondary N) is 2. The Kier molecular flexibility index (Phi) is 3.21. The van der Waals surface area contributed by atoms with Crippen LogP contribution in [-0.4, -0.2) is 9.97 Å². The second kappa shape index (κ2) is 5.00. The largest absolute Gasteiger partial charge is 0.328 e. The number of rotatable bonds is 3. The molecule has 3 nitrogen and oxygen atoms in total. The van der Waals surface area contributed by atoms with Crippen LogP contribution in [0, 0.1) is 0 Å². The normalized spacial score (nSPS) is 10.9. The molecule has 5 heteroatoms. The number of imidazole rings is 1. The summed E-state index contributed by atoms with van der Waals surface area (Å²) in [4.78, 5) is 10.8. The van der Waals surface area contributed by atoms with Gasteiger partial charge in [-0.25, -0.2) is 9.97 Å². The Hall–Kier alpha value is -1.52. The SMILES string of the molecule is Clc1cccc(CSc2nc3cc[nH+]cc3[nH]2)c1. The highest BCUT2D eigenvalue weighted by molar-refractivity contribution is 7.98. The summed E-state index contributed by atoms with van der Waals surface area (Å²) < 4.78 is 0. The summed E-state index contributed by atoms with van der Waals surface area (Å²) in [7, 11) is 0. The minimum atomic E-state index is 0.771. The van der Waals surface area contributed by atoms with Crippen molar-refractivity contribution in [2.24, 2.45) is 0 Å². The van der Waals surface area contributed by atoms with Gasteiger partial charge < -0.3 is 4.98 Å². The molecule has 0 atom stereocenters. The highest BCUT2D eigenvalue weighted by atomic mass is 35.5. The monoisotopic (exact) mass is 276 g/mol. The molecule has 0 aliphatic heterocycles. The number of hydrogen-bond acceptors (Lipinski definition) is 2. The molecule has 0 aliphatic carbocycles. The third kappa shape index (κ3) is 2.49. The summed E-state index contributed by atoms with van der Waals surface area (Å²) in [5.41, 5.74) is 3.19. The van der Waals surface area contributed by atoms with Gasteiger partial charge in [-0.15, -0.1) is 0 Å². The van der Waals surface area contributed by atoms with Crippen molar-refractivity contribution in [2.45, 2.75) is 10.9 Å². The zero-order valence-electron chi connectivity index (χ0n) is 9.48. The Bertz CT molecular complexity index is 648. The van der Waals surface area contributed by atoms with Crippen LogP contribution in [0.1, 0.15) is 5.56 Å². The number of hydrogen-bond donors (Lipinski definition) is 1. The lowest BCUT2D eigenvalue weighted by molar-refractivity contribution is -0.376. The lowest BCUT2D eigenvalue weighted by atomic mass is 10.2. The van der Waals surface area contributed by atoms with Gasteiger partial charge in [0.25, 0.3) is 0 Å². The molecule has 2 heterocycles. The average molecular weight is 277 g/mol. The van der Waals surface area contributed by atoms with Crippen molar-refractivity contribution in [1.29, 1.82) is 0 Å². The predicted octanol–water partition coefficient (Wildman–Crippen LogP) is 3.32. The average Bonchev–Trinajstić information content (AvgIpc) is 2.79. The molecule has 0 aliphatic rings. The molecule has 0 bridgehead atoms. The van der Waals surface area contributed by atoms with E-state index in [1.54, 1.807) is 11.8 Å². The maximum Gasteiger partial charge on any atom is 0.193 e. The van der Waals surface area contributed by atoms with Gasteiger partial charge in [0.05, 0.1) is 0 Å². The van der Waals surface area contributed by atoms with E-state index in [1.807, 2.05) is 36.7 Å². The number of benzene rings is 1. The molecule has 0 radical (unpaired) electrons. The fourth-order valence-corrected chi connectivity index (χ4v) is 2.76. The molecule has 3 rings (SSSR count). The molecule has 2 N–H and O–H groups in total. The Morgan fingerprint density at radius 2 is 2.28 bits per heavy atom. The first kappa shape index (κ1) is 11.6. The Balaban J connectivity index is 1.76. The quantitative estimate of drug-likeness (QED) is 0.746. The maximum absolute atomic E-state index is 5.95. The number of H-pyrrole nitrogens is 2. The van der Waals surface area contributed by atoms with Gasteiger partial charge in [-0.3, -0.25) is 0 Å². The number of aromatic nitrogens is 3. The second-order valence-corrected chi connectivity index (χ2v) is 5.30. The van der Waals surface area contributed by atoms with Crippen LogP contribution in [0.25, 0.3) is 11.0 Å². The first-order valence-electron chi connectivity index (χ1n) is 5.54. The third-order valence-corrected chi connectivity index (χ3v) is 3.75. The number of aromatic amines is 2. The third-order valence-electron chi connectivity index (χ3n) is 2.57. The molecule has 0 saturated carbocycles. The standard InChI is InChI=1S/C13H10ClN3S/c14-10-3-1-2-9(6-10)8-18-13-16-11-4-5-15-7-12(11)17-13/h1-7H,8H2,(H,16,17)/p+1. The van der Waals surface area contributed by atoms with Crippen LogP contribution in [0.3, 0.4) is 0 Å². The van der Waals surface area contributed by atoms with E-state index in [1.165, 1.54) is 5.56 Å². The number of thioether (sulfide) groups is 1.